The van der Waals surface area contributed by atoms with Crippen LogP contribution in [0.3, 0.4) is 0 Å². The standard InChI is InChI=1S/C17H23N3O3/c1-4-14(21-9-1)7-8-18-17(19-12-15-5-2-10-22-15)20-13-16-6-3-11-23-16/h1-2,4-5,9-10,16H,3,6-8,11-13H2,(H2,18,19,20). The maximum atomic E-state index is 5.64. The molecular weight excluding hydrogens is 294 g/mol. The molecule has 1 unspecified atom stereocenters. The van der Waals surface area contributed by atoms with Crippen molar-refractivity contribution in [3.63, 3.8) is 0 Å². The van der Waals surface area contributed by atoms with Crippen LogP contribution in [0, 0.1) is 0 Å². The van der Waals surface area contributed by atoms with Crippen LogP contribution in [0.4, 0.5) is 0 Å². The second-order valence-electron chi connectivity index (χ2n) is 5.52. The summed E-state index contributed by atoms with van der Waals surface area (Å²) >= 11 is 0. The van der Waals surface area contributed by atoms with Gasteiger partial charge in [-0.05, 0) is 37.1 Å². The summed E-state index contributed by atoms with van der Waals surface area (Å²) in [6.45, 7) is 2.89. The van der Waals surface area contributed by atoms with Crippen molar-refractivity contribution in [1.82, 2.24) is 10.6 Å². The molecule has 23 heavy (non-hydrogen) atoms. The minimum absolute atomic E-state index is 0.274. The largest absolute Gasteiger partial charge is 0.469 e. The molecule has 0 bridgehead atoms. The summed E-state index contributed by atoms with van der Waals surface area (Å²) in [4.78, 5) is 4.56. The predicted octanol–water partition coefficient (Wildman–Crippen LogP) is 2.33. The maximum absolute atomic E-state index is 5.64. The lowest BCUT2D eigenvalue weighted by atomic mass is 10.2. The van der Waals surface area contributed by atoms with Crippen LogP contribution in [0.25, 0.3) is 0 Å². The monoisotopic (exact) mass is 317 g/mol. The van der Waals surface area contributed by atoms with Gasteiger partial charge in [-0.15, -0.1) is 0 Å². The van der Waals surface area contributed by atoms with Crippen LogP contribution in [-0.2, 0) is 17.7 Å². The van der Waals surface area contributed by atoms with Gasteiger partial charge in [-0.2, -0.15) is 0 Å². The summed E-state index contributed by atoms with van der Waals surface area (Å²) in [5, 5.41) is 6.67. The van der Waals surface area contributed by atoms with Crippen LogP contribution < -0.4 is 10.6 Å². The summed E-state index contributed by atoms with van der Waals surface area (Å²) in [6, 6.07) is 7.66. The maximum Gasteiger partial charge on any atom is 0.191 e. The van der Waals surface area contributed by atoms with Gasteiger partial charge >= 0.3 is 0 Å². The molecule has 6 nitrogen and oxygen atoms in total. The van der Waals surface area contributed by atoms with E-state index in [-0.39, 0.29) is 6.10 Å². The number of furan rings is 2. The molecule has 0 spiro atoms. The van der Waals surface area contributed by atoms with E-state index in [1.165, 1.54) is 0 Å². The molecule has 1 aliphatic heterocycles. The number of rotatable bonds is 7. The fraction of sp³-hybridized carbons (Fsp3) is 0.471. The van der Waals surface area contributed by atoms with E-state index in [1.807, 2.05) is 24.3 Å². The number of ether oxygens (including phenoxy) is 1. The van der Waals surface area contributed by atoms with E-state index >= 15 is 0 Å². The first-order valence-electron chi connectivity index (χ1n) is 8.09. The Morgan fingerprint density at radius 3 is 2.65 bits per heavy atom. The second kappa shape index (κ2) is 8.43. The Balaban J connectivity index is 1.49. The molecule has 2 N–H and O–H groups in total. The molecule has 1 fully saturated rings. The van der Waals surface area contributed by atoms with Crippen molar-refractivity contribution in [1.29, 1.82) is 0 Å². The highest BCUT2D eigenvalue weighted by Crippen LogP contribution is 2.10. The first-order chi connectivity index (χ1) is 11.4. The molecule has 0 radical (unpaired) electrons. The molecule has 6 heteroatoms. The zero-order valence-electron chi connectivity index (χ0n) is 13.2. The Hall–Kier alpha value is -2.21. The Bertz CT molecular complexity index is 572. The van der Waals surface area contributed by atoms with E-state index in [9.17, 15) is 0 Å². The smallest absolute Gasteiger partial charge is 0.191 e. The Morgan fingerprint density at radius 2 is 1.96 bits per heavy atom. The fourth-order valence-electron chi connectivity index (χ4n) is 2.51. The Morgan fingerprint density at radius 1 is 1.13 bits per heavy atom. The molecule has 1 atom stereocenters. The SMILES string of the molecule is c1coc(CCNC(=NCc2ccco2)NCC2CCCO2)c1. The number of nitrogens with zero attached hydrogens (tertiary/aromatic N) is 1. The summed E-state index contributed by atoms with van der Waals surface area (Å²) in [7, 11) is 0. The highest BCUT2D eigenvalue weighted by Gasteiger charge is 2.15. The quantitative estimate of drug-likeness (QED) is 0.606. The fourth-order valence-corrected chi connectivity index (χ4v) is 2.51. The minimum Gasteiger partial charge on any atom is -0.469 e. The average molecular weight is 317 g/mol. The third-order valence-corrected chi connectivity index (χ3v) is 3.74. The lowest BCUT2D eigenvalue weighted by Gasteiger charge is -2.15. The Labute approximate surface area is 135 Å². The Kier molecular flexibility index (Phi) is 5.75. The molecule has 0 aromatic carbocycles. The van der Waals surface area contributed by atoms with Crippen molar-refractivity contribution < 1.29 is 13.6 Å². The minimum atomic E-state index is 0.274. The van der Waals surface area contributed by atoms with Gasteiger partial charge in [0, 0.05) is 26.1 Å². The van der Waals surface area contributed by atoms with Crippen molar-refractivity contribution in [3.05, 3.63) is 48.3 Å². The number of nitrogens with one attached hydrogen (secondary N) is 2. The van der Waals surface area contributed by atoms with Crippen molar-refractivity contribution in [3.8, 4) is 0 Å². The van der Waals surface area contributed by atoms with Gasteiger partial charge in [0.25, 0.3) is 0 Å². The molecular formula is C17H23N3O3. The van der Waals surface area contributed by atoms with Gasteiger partial charge in [0.05, 0.1) is 18.6 Å². The number of aliphatic imine (C=N–C) groups is 1. The van der Waals surface area contributed by atoms with Gasteiger partial charge in [-0.25, -0.2) is 4.99 Å². The predicted molar refractivity (Wildman–Crippen MR) is 87.2 cm³/mol. The number of hydrogen-bond donors (Lipinski definition) is 2. The van der Waals surface area contributed by atoms with Crippen LogP contribution >= 0.6 is 0 Å². The highest BCUT2D eigenvalue weighted by atomic mass is 16.5. The van der Waals surface area contributed by atoms with E-state index in [4.69, 9.17) is 13.6 Å². The van der Waals surface area contributed by atoms with Crippen LogP contribution in [0.5, 0.6) is 0 Å². The molecule has 0 saturated carbocycles. The molecule has 124 valence electrons. The highest BCUT2D eigenvalue weighted by molar-refractivity contribution is 5.79. The van der Waals surface area contributed by atoms with Crippen LogP contribution in [0.2, 0.25) is 0 Å². The van der Waals surface area contributed by atoms with Crippen molar-refractivity contribution in [2.45, 2.75) is 31.9 Å². The molecule has 3 rings (SSSR count). The van der Waals surface area contributed by atoms with Crippen molar-refractivity contribution in [2.75, 3.05) is 19.7 Å². The molecule has 1 saturated heterocycles. The summed E-state index contributed by atoms with van der Waals surface area (Å²) in [5.74, 6) is 2.57. The van der Waals surface area contributed by atoms with Crippen LogP contribution in [0.1, 0.15) is 24.4 Å². The second-order valence-corrected chi connectivity index (χ2v) is 5.52. The number of guanidine groups is 1. The molecule has 3 heterocycles. The third-order valence-electron chi connectivity index (χ3n) is 3.74. The van der Waals surface area contributed by atoms with Crippen LogP contribution in [0.15, 0.2) is 50.6 Å². The summed E-state index contributed by atoms with van der Waals surface area (Å²) in [6.07, 6.45) is 6.68. The normalized spacial score (nSPS) is 18.3. The molecule has 0 aliphatic carbocycles. The molecule has 1 aliphatic rings. The van der Waals surface area contributed by atoms with E-state index in [0.29, 0.717) is 6.54 Å². The molecule has 2 aromatic heterocycles. The van der Waals surface area contributed by atoms with Crippen molar-refractivity contribution >= 4 is 5.96 Å². The summed E-state index contributed by atoms with van der Waals surface area (Å²) in [5.41, 5.74) is 0. The van der Waals surface area contributed by atoms with E-state index < -0.39 is 0 Å². The van der Waals surface area contributed by atoms with Crippen molar-refractivity contribution in [2.24, 2.45) is 4.99 Å². The van der Waals surface area contributed by atoms with Gasteiger partial charge in [0.2, 0.25) is 0 Å². The average Bonchev–Trinajstić information content (AvgIpc) is 3.33. The van der Waals surface area contributed by atoms with E-state index in [1.54, 1.807) is 12.5 Å². The lowest BCUT2D eigenvalue weighted by Crippen LogP contribution is -2.41. The number of hydrogen-bond acceptors (Lipinski definition) is 4. The topological polar surface area (TPSA) is 71.9 Å². The van der Waals surface area contributed by atoms with Gasteiger partial charge in [-0.3, -0.25) is 0 Å². The molecule has 2 aromatic rings. The summed E-state index contributed by atoms with van der Waals surface area (Å²) < 4.78 is 16.3. The van der Waals surface area contributed by atoms with Gasteiger partial charge in [0.1, 0.15) is 18.1 Å². The first kappa shape index (κ1) is 15.7. The van der Waals surface area contributed by atoms with Crippen LogP contribution in [-0.4, -0.2) is 31.8 Å². The van der Waals surface area contributed by atoms with E-state index in [0.717, 1.165) is 56.4 Å². The first-order valence-corrected chi connectivity index (χ1v) is 8.09. The molecule has 0 amide bonds. The lowest BCUT2D eigenvalue weighted by molar-refractivity contribution is 0.114. The van der Waals surface area contributed by atoms with Gasteiger partial charge < -0.3 is 24.2 Å². The van der Waals surface area contributed by atoms with Gasteiger partial charge in [0.15, 0.2) is 5.96 Å². The van der Waals surface area contributed by atoms with Gasteiger partial charge in [-0.1, -0.05) is 0 Å². The zero-order valence-corrected chi connectivity index (χ0v) is 13.2. The third kappa shape index (κ3) is 5.17. The zero-order chi connectivity index (χ0) is 15.7. The van der Waals surface area contributed by atoms with E-state index in [2.05, 4.69) is 15.6 Å².